The molecule has 0 spiro atoms. The average molecular weight is 569 g/mol. The third-order valence-corrected chi connectivity index (χ3v) is 8.94. The highest BCUT2D eigenvalue weighted by Gasteiger charge is 2.49. The second kappa shape index (κ2) is 12.8. The Morgan fingerprint density at radius 1 is 1.15 bits per heavy atom. The number of carbonyl (C=O) groups is 1. The van der Waals surface area contributed by atoms with Gasteiger partial charge in [-0.3, -0.25) is 9.42 Å². The SMILES string of the molecule is C=C(C)[C@@H]1CCC(C)=C[C@H]1c1c(O)cc(CCC)cc1OC(=O)C1(OP(=O)(O)Oc2ccccc2)CCCCC1. The maximum Gasteiger partial charge on any atom is 0.528 e. The van der Waals surface area contributed by atoms with Crippen LogP contribution in [0.4, 0.5) is 0 Å². The number of aryl methyl sites for hydroxylation is 1. The first-order valence-corrected chi connectivity index (χ1v) is 15.7. The molecule has 3 atom stereocenters. The second-order valence-corrected chi connectivity index (χ2v) is 12.5. The van der Waals surface area contributed by atoms with Gasteiger partial charge in [-0.25, -0.2) is 9.36 Å². The van der Waals surface area contributed by atoms with E-state index in [0.717, 1.165) is 36.8 Å². The van der Waals surface area contributed by atoms with Crippen molar-refractivity contribution in [2.75, 3.05) is 0 Å². The van der Waals surface area contributed by atoms with Crippen molar-refractivity contribution in [3.63, 3.8) is 0 Å². The number of allylic oxidation sites excluding steroid dienone is 3. The molecule has 0 aromatic heterocycles. The summed E-state index contributed by atoms with van der Waals surface area (Å²) in [6.45, 7) is 10.3. The van der Waals surface area contributed by atoms with Gasteiger partial charge in [0.05, 0.1) is 0 Å². The van der Waals surface area contributed by atoms with Gasteiger partial charge in [0.15, 0.2) is 5.60 Å². The number of rotatable bonds is 10. The Morgan fingerprint density at radius 3 is 2.50 bits per heavy atom. The molecule has 2 aliphatic rings. The average Bonchev–Trinajstić information content (AvgIpc) is 2.89. The normalized spacial score (nSPS) is 22.1. The van der Waals surface area contributed by atoms with E-state index in [0.29, 0.717) is 24.8 Å². The highest BCUT2D eigenvalue weighted by atomic mass is 31.2. The van der Waals surface area contributed by atoms with Gasteiger partial charge >= 0.3 is 13.8 Å². The topological polar surface area (TPSA) is 102 Å². The lowest BCUT2D eigenvalue weighted by atomic mass is 9.73. The van der Waals surface area contributed by atoms with Crippen LogP contribution in [0.25, 0.3) is 0 Å². The Hall–Kier alpha value is -2.86. The molecule has 216 valence electrons. The van der Waals surface area contributed by atoms with E-state index in [4.69, 9.17) is 13.8 Å². The van der Waals surface area contributed by atoms with Gasteiger partial charge in [0.2, 0.25) is 0 Å². The Kier molecular flexibility index (Phi) is 9.60. The number of phenols is 1. The van der Waals surface area contributed by atoms with E-state index in [-0.39, 0.29) is 41.9 Å². The molecule has 1 saturated carbocycles. The largest absolute Gasteiger partial charge is 0.528 e. The number of phosphoric acid groups is 1. The highest BCUT2D eigenvalue weighted by molar-refractivity contribution is 7.47. The van der Waals surface area contributed by atoms with Crippen LogP contribution in [-0.4, -0.2) is 21.6 Å². The highest BCUT2D eigenvalue weighted by Crippen LogP contribution is 2.52. The Bertz CT molecular complexity index is 1290. The smallest absolute Gasteiger partial charge is 0.507 e. The Labute approximate surface area is 237 Å². The zero-order valence-electron chi connectivity index (χ0n) is 23.7. The number of benzene rings is 2. The van der Waals surface area contributed by atoms with Crippen molar-refractivity contribution in [3.05, 3.63) is 77.4 Å². The van der Waals surface area contributed by atoms with Crippen LogP contribution in [-0.2, 0) is 20.3 Å². The van der Waals surface area contributed by atoms with E-state index in [1.54, 1.807) is 42.5 Å². The van der Waals surface area contributed by atoms with Gasteiger partial charge in [0.25, 0.3) is 0 Å². The minimum absolute atomic E-state index is 0.0646. The summed E-state index contributed by atoms with van der Waals surface area (Å²) in [5, 5.41) is 11.3. The zero-order valence-corrected chi connectivity index (χ0v) is 24.6. The van der Waals surface area contributed by atoms with Gasteiger partial charge in [0, 0.05) is 11.5 Å². The van der Waals surface area contributed by atoms with Crippen molar-refractivity contribution < 1.29 is 33.1 Å². The summed E-state index contributed by atoms with van der Waals surface area (Å²) < 4.78 is 30.2. The monoisotopic (exact) mass is 568 g/mol. The standard InChI is InChI=1S/C32H41O7P/c1-5-12-24-20-28(33)30(27-19-23(4)15-16-26(27)22(2)3)29(21-24)37-31(34)32(17-10-7-11-18-32)39-40(35,36)38-25-13-8-6-9-14-25/h6,8-9,13-14,19-21,26-27,33H,2,5,7,10-12,15-18H2,1,3-4H3,(H,35,36)/t26-,27+/m0/s1. The van der Waals surface area contributed by atoms with Crippen LogP contribution in [0.5, 0.6) is 17.2 Å². The van der Waals surface area contributed by atoms with Crippen molar-refractivity contribution in [1.82, 2.24) is 0 Å². The number of hydrogen-bond donors (Lipinski definition) is 2. The molecule has 2 aromatic rings. The third-order valence-electron chi connectivity index (χ3n) is 7.92. The second-order valence-electron chi connectivity index (χ2n) is 11.2. The summed E-state index contributed by atoms with van der Waals surface area (Å²) in [7, 11) is -4.68. The molecule has 0 amide bonds. The summed E-state index contributed by atoms with van der Waals surface area (Å²) in [5.74, 6) is -0.428. The van der Waals surface area contributed by atoms with Crippen molar-refractivity contribution in [2.24, 2.45) is 5.92 Å². The van der Waals surface area contributed by atoms with Crippen molar-refractivity contribution >= 4 is 13.8 Å². The predicted molar refractivity (Wildman–Crippen MR) is 156 cm³/mol. The molecular weight excluding hydrogens is 527 g/mol. The van der Waals surface area contributed by atoms with Crippen molar-refractivity contribution in [2.45, 2.75) is 90.1 Å². The number of hydrogen-bond acceptors (Lipinski definition) is 6. The van der Waals surface area contributed by atoms with Crippen molar-refractivity contribution in [1.29, 1.82) is 0 Å². The maximum atomic E-state index is 14.0. The van der Waals surface area contributed by atoms with Gasteiger partial charge in [-0.15, -0.1) is 0 Å². The molecular formula is C32H41O7P. The summed E-state index contributed by atoms with van der Waals surface area (Å²) in [6.07, 6.45) is 8.07. The molecule has 40 heavy (non-hydrogen) atoms. The third kappa shape index (κ3) is 7.06. The number of esters is 1. The van der Waals surface area contributed by atoms with Gasteiger partial charge in [-0.05, 0) is 94.5 Å². The van der Waals surface area contributed by atoms with E-state index in [1.807, 2.05) is 13.8 Å². The van der Waals surface area contributed by atoms with Crippen LogP contribution in [0.1, 0.15) is 89.2 Å². The molecule has 0 aliphatic heterocycles. The van der Waals surface area contributed by atoms with Crippen LogP contribution >= 0.6 is 7.82 Å². The Balaban J connectivity index is 1.72. The molecule has 1 fully saturated rings. The van der Waals surface area contributed by atoms with Crippen molar-refractivity contribution in [3.8, 4) is 17.2 Å². The maximum absolute atomic E-state index is 14.0. The van der Waals surface area contributed by atoms with E-state index in [1.165, 1.54) is 5.57 Å². The number of ether oxygens (including phenoxy) is 1. The summed E-state index contributed by atoms with van der Waals surface area (Å²) in [4.78, 5) is 24.7. The van der Waals surface area contributed by atoms with Crippen LogP contribution in [0.3, 0.4) is 0 Å². The van der Waals surface area contributed by atoms with Crippen LogP contribution in [0.15, 0.2) is 66.3 Å². The van der Waals surface area contributed by atoms with Crippen LogP contribution in [0.2, 0.25) is 0 Å². The van der Waals surface area contributed by atoms with E-state index < -0.39 is 19.4 Å². The molecule has 8 heteroatoms. The van der Waals surface area contributed by atoms with Gasteiger partial charge < -0.3 is 14.4 Å². The molecule has 1 unspecified atom stereocenters. The predicted octanol–water partition coefficient (Wildman–Crippen LogP) is 8.17. The molecule has 0 saturated heterocycles. The lowest BCUT2D eigenvalue weighted by Crippen LogP contribution is -2.45. The van der Waals surface area contributed by atoms with Gasteiger partial charge in [-0.2, -0.15) is 0 Å². The fraction of sp³-hybridized carbons (Fsp3) is 0.469. The summed E-state index contributed by atoms with van der Waals surface area (Å²) >= 11 is 0. The zero-order chi connectivity index (χ0) is 28.9. The molecule has 0 radical (unpaired) electrons. The lowest BCUT2D eigenvalue weighted by Gasteiger charge is -2.36. The van der Waals surface area contributed by atoms with Crippen LogP contribution < -0.4 is 9.26 Å². The van der Waals surface area contributed by atoms with Gasteiger partial charge in [0.1, 0.15) is 17.2 Å². The first-order chi connectivity index (χ1) is 19.0. The lowest BCUT2D eigenvalue weighted by molar-refractivity contribution is -0.157. The van der Waals surface area contributed by atoms with Gasteiger partial charge in [-0.1, -0.05) is 61.8 Å². The molecule has 0 heterocycles. The fourth-order valence-corrected chi connectivity index (χ4v) is 7.05. The van der Waals surface area contributed by atoms with E-state index >= 15 is 0 Å². The number of phosphoric ester groups is 1. The molecule has 2 N–H and O–H groups in total. The van der Waals surface area contributed by atoms with E-state index in [2.05, 4.69) is 19.6 Å². The summed E-state index contributed by atoms with van der Waals surface area (Å²) in [5.41, 5.74) is 1.90. The molecule has 4 rings (SSSR count). The minimum Gasteiger partial charge on any atom is -0.507 e. The first-order valence-electron chi connectivity index (χ1n) is 14.2. The number of aromatic hydroxyl groups is 1. The molecule has 0 bridgehead atoms. The molecule has 2 aromatic carbocycles. The minimum atomic E-state index is -4.68. The number of phenolic OH excluding ortho intramolecular Hbond substituents is 1. The first kappa shape index (κ1) is 30.1. The molecule has 2 aliphatic carbocycles. The van der Waals surface area contributed by atoms with Crippen LogP contribution in [0, 0.1) is 5.92 Å². The number of para-hydroxylation sites is 1. The quantitative estimate of drug-likeness (QED) is 0.129. The fourth-order valence-electron chi connectivity index (χ4n) is 5.93. The number of carbonyl (C=O) groups excluding carboxylic acids is 1. The van der Waals surface area contributed by atoms with E-state index in [9.17, 15) is 19.4 Å². The Morgan fingerprint density at radius 2 is 1.85 bits per heavy atom. The summed E-state index contributed by atoms with van der Waals surface area (Å²) in [6, 6.07) is 11.8. The molecule has 7 nitrogen and oxygen atoms in total.